The molecular formula is C14H18FN3O3. The number of nitrogens with one attached hydrogen (secondary N) is 1. The Kier molecular flexibility index (Phi) is 6.76. The van der Waals surface area contributed by atoms with Gasteiger partial charge in [-0.05, 0) is 23.3 Å². The molecule has 6 nitrogen and oxygen atoms in total. The summed E-state index contributed by atoms with van der Waals surface area (Å²) >= 11 is 0. The summed E-state index contributed by atoms with van der Waals surface area (Å²) in [4.78, 5) is 13.7. The molecule has 0 radical (unpaired) electrons. The molecule has 1 aromatic carbocycles. The third-order valence-corrected chi connectivity index (χ3v) is 2.62. The molecule has 0 unspecified atom stereocenters. The van der Waals surface area contributed by atoms with Crippen molar-refractivity contribution in [2.45, 2.75) is 13.0 Å². The van der Waals surface area contributed by atoms with E-state index in [2.05, 4.69) is 10.3 Å². The fraction of sp³-hybridized carbons (Fsp3) is 0.214. The Bertz CT molecular complexity index is 544. The first-order valence-electron chi connectivity index (χ1n) is 6.26. The quantitative estimate of drug-likeness (QED) is 0.326. The summed E-state index contributed by atoms with van der Waals surface area (Å²) in [5.41, 5.74) is 13.1. The molecule has 6 N–H and O–H groups in total. The maximum Gasteiger partial charge on any atom is 0.304 e. The lowest BCUT2D eigenvalue weighted by molar-refractivity contribution is -0.136. The van der Waals surface area contributed by atoms with E-state index in [1.165, 1.54) is 12.2 Å². The number of nitrogens with two attached hydrogens (primary N) is 2. The van der Waals surface area contributed by atoms with E-state index in [-0.39, 0.29) is 12.3 Å². The van der Waals surface area contributed by atoms with Crippen LogP contribution in [-0.4, -0.2) is 17.6 Å². The molecule has 0 saturated carbocycles. The first kappa shape index (κ1) is 16.5. The molecule has 0 aromatic heterocycles. The molecule has 114 valence electrons. The van der Waals surface area contributed by atoms with Gasteiger partial charge in [-0.2, -0.15) is 0 Å². The molecule has 21 heavy (non-hydrogen) atoms. The lowest BCUT2D eigenvalue weighted by Crippen LogP contribution is -2.17. The molecule has 0 aliphatic heterocycles. The molecule has 0 atom stereocenters. The average Bonchev–Trinajstić information content (AvgIpc) is 2.49. The minimum Gasteiger partial charge on any atom is -0.481 e. The molecular weight excluding hydrogens is 277 g/mol. The average molecular weight is 295 g/mol. The Labute approximate surface area is 121 Å². The first-order valence-corrected chi connectivity index (χ1v) is 6.26. The first-order chi connectivity index (χ1) is 10.0. The third kappa shape index (κ3) is 6.44. The molecule has 0 saturated heterocycles. The molecule has 0 bridgehead atoms. The number of aliphatic carboxylic acids is 1. The monoisotopic (exact) mass is 295 g/mol. The third-order valence-electron chi connectivity index (χ3n) is 2.62. The maximum atomic E-state index is 11.7. The van der Waals surface area contributed by atoms with Gasteiger partial charge in [-0.3, -0.25) is 9.74 Å². The van der Waals surface area contributed by atoms with Crippen LogP contribution in [-0.2, 0) is 16.3 Å². The predicted octanol–water partition coefficient (Wildman–Crippen LogP) is 1.25. The van der Waals surface area contributed by atoms with Crippen molar-refractivity contribution >= 4 is 11.7 Å². The van der Waals surface area contributed by atoms with Crippen molar-refractivity contribution in [1.29, 1.82) is 0 Å². The second-order valence-electron chi connectivity index (χ2n) is 4.29. The van der Waals surface area contributed by atoms with E-state index in [0.29, 0.717) is 18.8 Å². The number of halogens is 1. The van der Waals surface area contributed by atoms with Gasteiger partial charge in [-0.25, -0.2) is 0 Å². The van der Waals surface area contributed by atoms with Gasteiger partial charge in [0.15, 0.2) is 0 Å². The van der Waals surface area contributed by atoms with Crippen LogP contribution in [0, 0.1) is 0 Å². The van der Waals surface area contributed by atoms with Crippen molar-refractivity contribution in [3.05, 3.63) is 53.4 Å². The summed E-state index contributed by atoms with van der Waals surface area (Å²) in [5.74, 6) is -1.23. The van der Waals surface area contributed by atoms with Gasteiger partial charge in [-0.1, -0.05) is 18.2 Å². The minimum atomic E-state index is -0.845. The topological polar surface area (TPSA) is 111 Å². The van der Waals surface area contributed by atoms with Gasteiger partial charge in [0.2, 0.25) is 5.88 Å². The zero-order valence-electron chi connectivity index (χ0n) is 11.4. The summed E-state index contributed by atoms with van der Waals surface area (Å²) < 4.78 is 11.7. The van der Waals surface area contributed by atoms with Crippen molar-refractivity contribution in [3.8, 4) is 0 Å². The molecule has 1 aromatic rings. The summed E-state index contributed by atoms with van der Waals surface area (Å²) in [5, 5.41) is 11.6. The Hall–Kier alpha value is -2.54. The van der Waals surface area contributed by atoms with E-state index in [0.717, 1.165) is 11.1 Å². The number of rotatable bonds is 8. The Morgan fingerprint density at radius 2 is 2.14 bits per heavy atom. The van der Waals surface area contributed by atoms with Crippen LogP contribution in [0.3, 0.4) is 0 Å². The van der Waals surface area contributed by atoms with Crippen LogP contribution < -0.4 is 16.8 Å². The zero-order chi connectivity index (χ0) is 15.7. The highest BCUT2D eigenvalue weighted by atomic mass is 19.3. The van der Waals surface area contributed by atoms with E-state index < -0.39 is 5.97 Å². The number of benzene rings is 1. The highest BCUT2D eigenvalue weighted by molar-refractivity contribution is 5.67. The van der Waals surface area contributed by atoms with Crippen molar-refractivity contribution in [2.24, 2.45) is 11.5 Å². The van der Waals surface area contributed by atoms with Crippen molar-refractivity contribution < 1.29 is 19.4 Å². The highest BCUT2D eigenvalue weighted by Gasteiger charge is 2.00. The SMILES string of the molecule is N/C(=C\C=C(/N)OF)c1cccc(CNCCC(=O)O)c1. The second kappa shape index (κ2) is 8.60. The fourth-order valence-electron chi connectivity index (χ4n) is 1.58. The highest BCUT2D eigenvalue weighted by Crippen LogP contribution is 2.12. The largest absolute Gasteiger partial charge is 0.481 e. The van der Waals surface area contributed by atoms with Gasteiger partial charge >= 0.3 is 5.97 Å². The van der Waals surface area contributed by atoms with Crippen molar-refractivity contribution in [3.63, 3.8) is 0 Å². The minimum absolute atomic E-state index is 0.0645. The smallest absolute Gasteiger partial charge is 0.304 e. The number of hydrogen-bond acceptors (Lipinski definition) is 5. The van der Waals surface area contributed by atoms with Crippen LogP contribution in [0.5, 0.6) is 0 Å². The second-order valence-corrected chi connectivity index (χ2v) is 4.29. The fourth-order valence-corrected chi connectivity index (χ4v) is 1.58. The molecule has 7 heteroatoms. The van der Waals surface area contributed by atoms with Crippen LogP contribution in [0.25, 0.3) is 5.70 Å². The zero-order valence-corrected chi connectivity index (χ0v) is 11.4. The summed E-state index contributed by atoms with van der Waals surface area (Å²) in [6, 6.07) is 7.36. The van der Waals surface area contributed by atoms with E-state index >= 15 is 0 Å². The van der Waals surface area contributed by atoms with E-state index in [1.807, 2.05) is 18.2 Å². The van der Waals surface area contributed by atoms with Gasteiger partial charge in [0.1, 0.15) is 0 Å². The van der Waals surface area contributed by atoms with E-state index in [1.54, 1.807) is 6.07 Å². The standard InChI is InChI=1S/C14H18FN3O3/c15-21-13(17)5-4-12(16)11-3-1-2-10(8-11)9-18-7-6-14(19)20/h1-5,8,18H,6-7,9,16-17H2,(H,19,20)/b12-4-,13-5+. The van der Waals surface area contributed by atoms with E-state index in [4.69, 9.17) is 16.6 Å². The number of carbonyl (C=O) groups is 1. The van der Waals surface area contributed by atoms with Crippen LogP contribution >= 0.6 is 0 Å². The predicted molar refractivity (Wildman–Crippen MR) is 77.0 cm³/mol. The van der Waals surface area contributed by atoms with Crippen LogP contribution in [0.1, 0.15) is 17.5 Å². The molecule has 0 aliphatic carbocycles. The molecule has 0 amide bonds. The Morgan fingerprint density at radius 3 is 2.81 bits per heavy atom. The summed E-state index contributed by atoms with van der Waals surface area (Å²) in [6.45, 7) is 0.915. The van der Waals surface area contributed by atoms with Gasteiger partial charge in [0, 0.05) is 29.4 Å². The maximum absolute atomic E-state index is 11.7. The molecule has 0 heterocycles. The van der Waals surface area contributed by atoms with Gasteiger partial charge in [0.05, 0.1) is 6.42 Å². The van der Waals surface area contributed by atoms with Gasteiger partial charge < -0.3 is 21.9 Å². The number of allylic oxidation sites excluding steroid dienone is 2. The van der Waals surface area contributed by atoms with Crippen LogP contribution in [0.2, 0.25) is 0 Å². The van der Waals surface area contributed by atoms with Crippen LogP contribution in [0.4, 0.5) is 4.53 Å². The summed E-state index contributed by atoms with van der Waals surface area (Å²) in [7, 11) is 0. The molecule has 0 spiro atoms. The molecule has 0 fully saturated rings. The normalized spacial score (nSPS) is 12.2. The summed E-state index contributed by atoms with van der Waals surface area (Å²) in [6.07, 6.45) is 2.72. The van der Waals surface area contributed by atoms with E-state index in [9.17, 15) is 9.32 Å². The molecule has 0 aliphatic rings. The number of carboxylic acids is 1. The lowest BCUT2D eigenvalue weighted by atomic mass is 10.1. The Balaban J connectivity index is 2.65. The Morgan fingerprint density at radius 1 is 1.38 bits per heavy atom. The van der Waals surface area contributed by atoms with Gasteiger partial charge in [0.25, 0.3) is 0 Å². The van der Waals surface area contributed by atoms with Gasteiger partial charge in [-0.15, -0.1) is 0 Å². The molecule has 1 rings (SSSR count). The number of hydrogen-bond donors (Lipinski definition) is 4. The van der Waals surface area contributed by atoms with Crippen LogP contribution in [0.15, 0.2) is 42.3 Å². The van der Waals surface area contributed by atoms with Crippen molar-refractivity contribution in [2.75, 3.05) is 6.54 Å². The lowest BCUT2D eigenvalue weighted by Gasteiger charge is -2.06. The van der Waals surface area contributed by atoms with Crippen molar-refractivity contribution in [1.82, 2.24) is 5.32 Å². The number of carboxylic acid groups (broad SMARTS) is 1.